The Kier molecular flexibility index (Phi) is 3.24. The first-order chi connectivity index (χ1) is 7.41. The Hall–Kier alpha value is -2.37. The summed E-state index contributed by atoms with van der Waals surface area (Å²) in [6.45, 7) is 1.33. The lowest BCUT2D eigenvalue weighted by atomic mass is 10.1. The molecule has 0 aliphatic rings. The number of carbonyl (C=O) groups is 1. The van der Waals surface area contributed by atoms with Crippen molar-refractivity contribution < 1.29 is 19.9 Å². The number of aromatic hydroxyl groups is 1. The molecule has 84 valence electrons. The summed E-state index contributed by atoms with van der Waals surface area (Å²) in [7, 11) is 0. The first-order valence-corrected chi connectivity index (χ1v) is 4.31. The molecular formula is C10H9NO5. The zero-order valence-electron chi connectivity index (χ0n) is 8.38. The van der Waals surface area contributed by atoms with Gasteiger partial charge < -0.3 is 10.2 Å². The Morgan fingerprint density at radius 2 is 2.12 bits per heavy atom. The third-order valence-electron chi connectivity index (χ3n) is 1.93. The minimum atomic E-state index is -1.15. The van der Waals surface area contributed by atoms with Gasteiger partial charge >= 0.3 is 5.97 Å². The van der Waals surface area contributed by atoms with Gasteiger partial charge in [-0.05, 0) is 19.1 Å². The number of aliphatic carboxylic acids is 1. The zero-order valence-corrected chi connectivity index (χ0v) is 8.38. The fraction of sp³-hybridized carbons (Fsp3) is 0.100. The SMILES string of the molecule is CC(=Cc1cc([N+](=O)[O-])ccc1O)C(=O)O. The number of nitro groups is 1. The van der Waals surface area contributed by atoms with Crippen LogP contribution in [0.25, 0.3) is 6.08 Å². The highest BCUT2D eigenvalue weighted by molar-refractivity contribution is 5.92. The molecule has 1 rings (SSSR count). The first-order valence-electron chi connectivity index (χ1n) is 4.31. The minimum absolute atomic E-state index is 0.0178. The molecule has 0 heterocycles. The largest absolute Gasteiger partial charge is 0.507 e. The van der Waals surface area contributed by atoms with E-state index in [0.717, 1.165) is 18.2 Å². The van der Waals surface area contributed by atoms with Crippen molar-refractivity contribution in [2.24, 2.45) is 0 Å². The summed E-state index contributed by atoms with van der Waals surface area (Å²) in [6, 6.07) is 3.41. The first kappa shape index (κ1) is 11.7. The summed E-state index contributed by atoms with van der Waals surface area (Å²) < 4.78 is 0. The molecule has 0 aromatic heterocycles. The van der Waals surface area contributed by atoms with Gasteiger partial charge in [0.2, 0.25) is 0 Å². The van der Waals surface area contributed by atoms with E-state index in [1.165, 1.54) is 13.0 Å². The molecule has 1 aromatic carbocycles. The Bertz CT molecular complexity index is 478. The van der Waals surface area contributed by atoms with Crippen LogP contribution in [0, 0.1) is 10.1 Å². The van der Waals surface area contributed by atoms with Crippen molar-refractivity contribution in [2.75, 3.05) is 0 Å². The standard InChI is InChI=1S/C10H9NO5/c1-6(10(13)14)4-7-5-8(11(15)16)2-3-9(7)12/h2-5,12H,1H3,(H,13,14). The highest BCUT2D eigenvalue weighted by Crippen LogP contribution is 2.25. The maximum absolute atomic E-state index is 10.5. The quantitative estimate of drug-likeness (QED) is 0.462. The van der Waals surface area contributed by atoms with Crippen LogP contribution >= 0.6 is 0 Å². The molecule has 0 spiro atoms. The minimum Gasteiger partial charge on any atom is -0.507 e. The number of benzene rings is 1. The van der Waals surface area contributed by atoms with Gasteiger partial charge in [-0.25, -0.2) is 4.79 Å². The molecule has 0 aliphatic heterocycles. The van der Waals surface area contributed by atoms with E-state index in [2.05, 4.69) is 0 Å². The maximum Gasteiger partial charge on any atom is 0.331 e. The fourth-order valence-corrected chi connectivity index (χ4v) is 1.07. The number of rotatable bonds is 3. The number of non-ortho nitro benzene ring substituents is 1. The van der Waals surface area contributed by atoms with Gasteiger partial charge in [0.1, 0.15) is 5.75 Å². The molecule has 6 nitrogen and oxygen atoms in total. The van der Waals surface area contributed by atoms with Crippen LogP contribution < -0.4 is 0 Å². The van der Waals surface area contributed by atoms with Crippen molar-refractivity contribution in [3.8, 4) is 5.75 Å². The molecule has 0 saturated carbocycles. The van der Waals surface area contributed by atoms with E-state index >= 15 is 0 Å². The molecule has 2 N–H and O–H groups in total. The van der Waals surface area contributed by atoms with E-state index < -0.39 is 10.9 Å². The topological polar surface area (TPSA) is 101 Å². The number of phenols is 1. The third kappa shape index (κ3) is 2.57. The summed E-state index contributed by atoms with van der Waals surface area (Å²) in [5.74, 6) is -1.35. The van der Waals surface area contributed by atoms with Crippen LogP contribution in [-0.2, 0) is 4.79 Å². The molecule has 16 heavy (non-hydrogen) atoms. The average molecular weight is 223 g/mol. The van der Waals surface area contributed by atoms with E-state index in [9.17, 15) is 20.0 Å². The predicted molar refractivity (Wildman–Crippen MR) is 56.0 cm³/mol. The molecule has 0 amide bonds. The average Bonchev–Trinajstić information content (AvgIpc) is 2.20. The van der Waals surface area contributed by atoms with Gasteiger partial charge in [0.15, 0.2) is 0 Å². The van der Waals surface area contributed by atoms with E-state index in [0.29, 0.717) is 0 Å². The molecule has 1 aromatic rings. The number of nitrogens with zero attached hydrogens (tertiary/aromatic N) is 1. The van der Waals surface area contributed by atoms with Crippen molar-refractivity contribution in [3.05, 3.63) is 39.4 Å². The second-order valence-corrected chi connectivity index (χ2v) is 3.13. The van der Waals surface area contributed by atoms with Crippen LogP contribution in [-0.4, -0.2) is 21.1 Å². The van der Waals surface area contributed by atoms with Crippen molar-refractivity contribution in [1.82, 2.24) is 0 Å². The second-order valence-electron chi connectivity index (χ2n) is 3.13. The van der Waals surface area contributed by atoms with Gasteiger partial charge in [0, 0.05) is 23.3 Å². The van der Waals surface area contributed by atoms with Crippen LogP contribution in [0.15, 0.2) is 23.8 Å². The van der Waals surface area contributed by atoms with Crippen LogP contribution in [0.4, 0.5) is 5.69 Å². The summed E-state index contributed by atoms with van der Waals surface area (Å²) in [4.78, 5) is 20.4. The van der Waals surface area contributed by atoms with E-state index in [4.69, 9.17) is 5.11 Å². The number of phenolic OH excluding ortho intramolecular Hbond substituents is 1. The van der Waals surface area contributed by atoms with Crippen molar-refractivity contribution >= 4 is 17.7 Å². The zero-order chi connectivity index (χ0) is 12.3. The van der Waals surface area contributed by atoms with Crippen LogP contribution in [0.2, 0.25) is 0 Å². The highest BCUT2D eigenvalue weighted by Gasteiger charge is 2.10. The van der Waals surface area contributed by atoms with Gasteiger partial charge in [-0.2, -0.15) is 0 Å². The van der Waals surface area contributed by atoms with Crippen LogP contribution in [0.3, 0.4) is 0 Å². The molecule has 0 saturated heterocycles. The van der Waals surface area contributed by atoms with Gasteiger partial charge in [0.05, 0.1) is 4.92 Å². The molecule has 0 atom stereocenters. The number of carboxylic acid groups (broad SMARTS) is 1. The Morgan fingerprint density at radius 1 is 1.50 bits per heavy atom. The molecular weight excluding hydrogens is 214 g/mol. The van der Waals surface area contributed by atoms with Crippen molar-refractivity contribution in [2.45, 2.75) is 6.92 Å². The molecule has 6 heteroatoms. The van der Waals surface area contributed by atoms with Crippen molar-refractivity contribution in [3.63, 3.8) is 0 Å². The normalized spacial score (nSPS) is 11.2. The highest BCUT2D eigenvalue weighted by atomic mass is 16.6. The summed E-state index contributed by atoms with van der Waals surface area (Å²) in [6.07, 6.45) is 1.17. The Labute approximate surface area is 90.6 Å². The lowest BCUT2D eigenvalue weighted by molar-refractivity contribution is -0.384. The van der Waals surface area contributed by atoms with Gasteiger partial charge in [-0.15, -0.1) is 0 Å². The van der Waals surface area contributed by atoms with Crippen LogP contribution in [0.5, 0.6) is 5.75 Å². The third-order valence-corrected chi connectivity index (χ3v) is 1.93. The lowest BCUT2D eigenvalue weighted by Gasteiger charge is -2.00. The Balaban J connectivity index is 3.23. The number of hydrogen-bond acceptors (Lipinski definition) is 4. The smallest absolute Gasteiger partial charge is 0.331 e. The molecule has 0 unspecified atom stereocenters. The maximum atomic E-state index is 10.5. The summed E-state index contributed by atoms with van der Waals surface area (Å²) in [5, 5.41) is 28.5. The molecule has 0 fully saturated rings. The van der Waals surface area contributed by atoms with E-state index in [1.807, 2.05) is 0 Å². The van der Waals surface area contributed by atoms with E-state index in [1.54, 1.807) is 0 Å². The lowest BCUT2D eigenvalue weighted by Crippen LogP contribution is -1.96. The van der Waals surface area contributed by atoms with Gasteiger partial charge in [-0.3, -0.25) is 10.1 Å². The number of nitro benzene ring substituents is 1. The summed E-state index contributed by atoms with van der Waals surface area (Å²) in [5.41, 5.74) is -0.118. The summed E-state index contributed by atoms with van der Waals surface area (Å²) >= 11 is 0. The molecule has 0 bridgehead atoms. The van der Waals surface area contributed by atoms with E-state index in [-0.39, 0.29) is 22.6 Å². The van der Waals surface area contributed by atoms with Crippen molar-refractivity contribution in [1.29, 1.82) is 0 Å². The predicted octanol–water partition coefficient (Wildman–Crippen LogP) is 1.79. The number of carboxylic acids is 1. The van der Waals surface area contributed by atoms with Crippen LogP contribution in [0.1, 0.15) is 12.5 Å². The fourth-order valence-electron chi connectivity index (χ4n) is 1.07. The molecule has 0 aliphatic carbocycles. The van der Waals surface area contributed by atoms with Gasteiger partial charge in [0.25, 0.3) is 5.69 Å². The number of hydrogen-bond donors (Lipinski definition) is 2. The second kappa shape index (κ2) is 4.43. The Morgan fingerprint density at radius 3 is 2.62 bits per heavy atom. The molecule has 0 radical (unpaired) electrons. The van der Waals surface area contributed by atoms with Gasteiger partial charge in [-0.1, -0.05) is 0 Å². The monoisotopic (exact) mass is 223 g/mol.